The summed E-state index contributed by atoms with van der Waals surface area (Å²) < 4.78 is 0. The van der Waals surface area contributed by atoms with E-state index in [-0.39, 0.29) is 5.41 Å². The van der Waals surface area contributed by atoms with Crippen molar-refractivity contribution in [2.24, 2.45) is 16.7 Å². The molecule has 3 aliphatic rings. The Hall–Kier alpha value is -1.04. The lowest BCUT2D eigenvalue weighted by molar-refractivity contribution is 0.237. The second kappa shape index (κ2) is 5.55. The molecule has 0 amide bonds. The Bertz CT molecular complexity index is 571. The van der Waals surface area contributed by atoms with E-state index in [1.165, 1.54) is 44.9 Å². The first-order valence-electron chi connectivity index (χ1n) is 9.23. The zero-order valence-electron chi connectivity index (χ0n) is 15.0. The zero-order valence-corrected chi connectivity index (χ0v) is 15.0. The molecule has 0 nitrogen and oxygen atoms in total. The highest BCUT2D eigenvalue weighted by molar-refractivity contribution is 5.52. The van der Waals surface area contributed by atoms with Crippen molar-refractivity contribution in [1.29, 1.82) is 0 Å². The maximum absolute atomic E-state index is 3.95. The summed E-state index contributed by atoms with van der Waals surface area (Å²) >= 11 is 0. The van der Waals surface area contributed by atoms with E-state index in [4.69, 9.17) is 0 Å². The van der Waals surface area contributed by atoms with Crippen LogP contribution in [0.25, 0.3) is 0 Å². The van der Waals surface area contributed by atoms with Gasteiger partial charge in [-0.25, -0.2) is 0 Å². The highest BCUT2D eigenvalue weighted by atomic mass is 14.5. The predicted molar refractivity (Wildman–Crippen MR) is 96.8 cm³/mol. The molecular weight excluding hydrogens is 264 g/mol. The molecule has 0 fully saturated rings. The third-order valence-electron chi connectivity index (χ3n) is 7.05. The van der Waals surface area contributed by atoms with Crippen molar-refractivity contribution in [3.8, 4) is 0 Å². The Kier molecular flexibility index (Phi) is 4.00. The number of hydrogen-bond donors (Lipinski definition) is 0. The molecule has 3 unspecified atom stereocenters. The van der Waals surface area contributed by atoms with Gasteiger partial charge in [-0.2, -0.15) is 0 Å². The molecule has 0 aromatic rings. The maximum Gasteiger partial charge on any atom is 0.0101 e. The molecule has 0 aromatic carbocycles. The molecular formula is C22H32. The largest absolute Gasteiger partial charge is 0.0991 e. The lowest BCUT2D eigenvalue weighted by atomic mass is 9.56. The first kappa shape index (κ1) is 15.8. The monoisotopic (exact) mass is 296 g/mol. The van der Waals surface area contributed by atoms with Gasteiger partial charge in [-0.15, -0.1) is 0 Å². The predicted octanol–water partition coefficient (Wildman–Crippen LogP) is 6.76. The molecule has 0 N–H and O–H groups in total. The lowest BCUT2D eigenvalue weighted by Crippen LogP contribution is -2.35. The van der Waals surface area contributed by atoms with Crippen molar-refractivity contribution in [2.45, 2.75) is 72.6 Å². The van der Waals surface area contributed by atoms with Crippen LogP contribution in [0.15, 0.2) is 47.1 Å². The summed E-state index contributed by atoms with van der Waals surface area (Å²) in [4.78, 5) is 0. The molecule has 0 bridgehead atoms. The van der Waals surface area contributed by atoms with Gasteiger partial charge in [0.25, 0.3) is 0 Å². The maximum atomic E-state index is 3.95. The third kappa shape index (κ3) is 2.10. The minimum atomic E-state index is 0.282. The van der Waals surface area contributed by atoms with Crippen LogP contribution in [0.5, 0.6) is 0 Å². The van der Waals surface area contributed by atoms with Crippen LogP contribution in [0.4, 0.5) is 0 Å². The molecule has 3 rings (SSSR count). The summed E-state index contributed by atoms with van der Waals surface area (Å²) in [7, 11) is 0. The highest BCUT2D eigenvalue weighted by Gasteiger charge is 2.48. The van der Waals surface area contributed by atoms with Crippen LogP contribution >= 0.6 is 0 Å². The summed E-state index contributed by atoms with van der Waals surface area (Å²) in [5.41, 5.74) is 7.59. The average molecular weight is 296 g/mol. The Morgan fingerprint density at radius 2 is 2.05 bits per heavy atom. The van der Waals surface area contributed by atoms with Crippen LogP contribution in [-0.2, 0) is 0 Å². The fourth-order valence-electron chi connectivity index (χ4n) is 5.45. The van der Waals surface area contributed by atoms with Gasteiger partial charge in [-0.1, -0.05) is 70.1 Å². The molecule has 3 atom stereocenters. The SMILES string of the molecule is C=C/C=C1/CCC2=C(CCC3(C)C2=CCC3C)C1(C)CCC. The molecule has 3 aliphatic carbocycles. The molecule has 0 aliphatic heterocycles. The van der Waals surface area contributed by atoms with Crippen molar-refractivity contribution in [2.75, 3.05) is 0 Å². The van der Waals surface area contributed by atoms with Gasteiger partial charge in [0, 0.05) is 5.41 Å². The van der Waals surface area contributed by atoms with Gasteiger partial charge in [0.05, 0.1) is 0 Å². The molecule has 0 spiro atoms. The Balaban J connectivity index is 2.10. The summed E-state index contributed by atoms with van der Waals surface area (Å²) in [5.74, 6) is 0.819. The zero-order chi connectivity index (χ0) is 16.0. The molecule has 0 heteroatoms. The average Bonchev–Trinajstić information content (AvgIpc) is 2.79. The Labute approximate surface area is 137 Å². The smallest absolute Gasteiger partial charge is 0.0101 e. The van der Waals surface area contributed by atoms with Gasteiger partial charge in [-0.3, -0.25) is 0 Å². The second-order valence-corrected chi connectivity index (χ2v) is 8.14. The Morgan fingerprint density at radius 3 is 2.73 bits per heavy atom. The topological polar surface area (TPSA) is 0 Å². The lowest BCUT2D eigenvalue weighted by Gasteiger charge is -2.48. The van der Waals surface area contributed by atoms with Crippen LogP contribution in [0.1, 0.15) is 72.6 Å². The van der Waals surface area contributed by atoms with E-state index >= 15 is 0 Å². The molecule has 0 radical (unpaired) electrons. The van der Waals surface area contributed by atoms with Gasteiger partial charge in [0.1, 0.15) is 0 Å². The summed E-state index contributed by atoms with van der Waals surface area (Å²) in [6, 6.07) is 0. The van der Waals surface area contributed by atoms with Crippen LogP contribution in [-0.4, -0.2) is 0 Å². The number of hydrogen-bond acceptors (Lipinski definition) is 0. The van der Waals surface area contributed by atoms with E-state index in [9.17, 15) is 0 Å². The minimum absolute atomic E-state index is 0.282. The van der Waals surface area contributed by atoms with Crippen molar-refractivity contribution in [3.63, 3.8) is 0 Å². The summed E-state index contributed by atoms with van der Waals surface area (Å²) in [6.45, 7) is 13.8. The molecule has 0 saturated heterocycles. The molecule has 22 heavy (non-hydrogen) atoms. The minimum Gasteiger partial charge on any atom is -0.0991 e. The quantitative estimate of drug-likeness (QED) is 0.539. The molecule has 0 heterocycles. The van der Waals surface area contributed by atoms with Crippen molar-refractivity contribution in [3.05, 3.63) is 47.1 Å². The van der Waals surface area contributed by atoms with E-state index in [2.05, 4.69) is 46.4 Å². The van der Waals surface area contributed by atoms with Crippen LogP contribution < -0.4 is 0 Å². The summed E-state index contributed by atoms with van der Waals surface area (Å²) in [5, 5.41) is 0. The van der Waals surface area contributed by atoms with E-state index in [1.807, 2.05) is 6.08 Å². The van der Waals surface area contributed by atoms with Gasteiger partial charge < -0.3 is 0 Å². The first-order valence-corrected chi connectivity index (χ1v) is 9.23. The van der Waals surface area contributed by atoms with E-state index in [1.54, 1.807) is 22.3 Å². The van der Waals surface area contributed by atoms with Gasteiger partial charge in [0.15, 0.2) is 0 Å². The van der Waals surface area contributed by atoms with Crippen LogP contribution in [0, 0.1) is 16.7 Å². The van der Waals surface area contributed by atoms with E-state index in [0.29, 0.717) is 5.41 Å². The van der Waals surface area contributed by atoms with Gasteiger partial charge in [-0.05, 0) is 61.0 Å². The number of allylic oxidation sites excluding steroid dienone is 7. The van der Waals surface area contributed by atoms with Crippen LogP contribution in [0.2, 0.25) is 0 Å². The van der Waals surface area contributed by atoms with Crippen molar-refractivity contribution >= 4 is 0 Å². The first-order chi connectivity index (χ1) is 10.5. The number of fused-ring (bicyclic) bond motifs is 2. The fraction of sp³-hybridized carbons (Fsp3) is 0.636. The van der Waals surface area contributed by atoms with E-state index < -0.39 is 0 Å². The molecule has 120 valence electrons. The van der Waals surface area contributed by atoms with Crippen molar-refractivity contribution in [1.82, 2.24) is 0 Å². The normalized spacial score (nSPS) is 39.5. The van der Waals surface area contributed by atoms with Crippen LogP contribution in [0.3, 0.4) is 0 Å². The third-order valence-corrected chi connectivity index (χ3v) is 7.05. The van der Waals surface area contributed by atoms with E-state index in [0.717, 1.165) is 5.92 Å². The standard InChI is InChI=1S/C22H32/c1-6-8-17-10-11-18-19-12-9-16(3)21(19,4)15-13-20(18)22(17,5)14-7-2/h6,8,12,16H,1,7,9-11,13-15H2,2-5H3/b17-8-. The highest BCUT2D eigenvalue weighted by Crippen LogP contribution is 2.61. The van der Waals surface area contributed by atoms with Gasteiger partial charge in [0.2, 0.25) is 0 Å². The number of rotatable bonds is 3. The molecule has 0 aromatic heterocycles. The molecule has 0 saturated carbocycles. The summed E-state index contributed by atoms with van der Waals surface area (Å²) in [6.07, 6.45) is 15.8. The second-order valence-electron chi connectivity index (χ2n) is 8.14. The van der Waals surface area contributed by atoms with Gasteiger partial charge >= 0.3 is 0 Å². The van der Waals surface area contributed by atoms with Crippen molar-refractivity contribution < 1.29 is 0 Å². The fourth-order valence-corrected chi connectivity index (χ4v) is 5.45. The Morgan fingerprint density at radius 1 is 1.27 bits per heavy atom.